The Hall–Kier alpha value is -3.22. The molecular weight excluding hydrogens is 332 g/mol. The molecule has 0 saturated carbocycles. The summed E-state index contributed by atoms with van der Waals surface area (Å²) in [6, 6.07) is 14.0. The molecule has 0 unspecified atom stereocenters. The fourth-order valence-corrected chi connectivity index (χ4v) is 2.59. The summed E-state index contributed by atoms with van der Waals surface area (Å²) in [5.41, 5.74) is 4.67. The Bertz CT molecular complexity index is 784. The van der Waals surface area contributed by atoms with Crippen LogP contribution in [-0.4, -0.2) is 30.1 Å². The fourth-order valence-electron chi connectivity index (χ4n) is 2.59. The number of nitrogens with one attached hydrogen (secondary N) is 1. The number of carbonyl (C=O) groups excluding carboxylic acids is 1. The zero-order valence-electron chi connectivity index (χ0n) is 14.9. The van der Waals surface area contributed by atoms with Crippen molar-refractivity contribution in [1.29, 1.82) is 0 Å². The van der Waals surface area contributed by atoms with E-state index in [-0.39, 0.29) is 12.1 Å². The van der Waals surface area contributed by atoms with Crippen molar-refractivity contribution in [2.24, 2.45) is 5.10 Å². The molecular formula is C19H22N4O3. The lowest BCUT2D eigenvalue weighted by Crippen LogP contribution is -2.21. The molecule has 0 aliphatic rings. The van der Waals surface area contributed by atoms with E-state index >= 15 is 0 Å². The van der Waals surface area contributed by atoms with E-state index in [4.69, 9.17) is 0 Å². The number of rotatable bonds is 8. The van der Waals surface area contributed by atoms with Gasteiger partial charge >= 0.3 is 0 Å². The second kappa shape index (κ2) is 9.31. The van der Waals surface area contributed by atoms with Gasteiger partial charge in [0.05, 0.1) is 17.6 Å². The average molecular weight is 354 g/mol. The van der Waals surface area contributed by atoms with Crippen LogP contribution >= 0.6 is 0 Å². The topological polar surface area (TPSA) is 87.8 Å². The molecule has 0 aliphatic carbocycles. The van der Waals surface area contributed by atoms with Gasteiger partial charge in [-0.25, -0.2) is 5.43 Å². The monoisotopic (exact) mass is 354 g/mol. The van der Waals surface area contributed by atoms with Crippen molar-refractivity contribution in [1.82, 2.24) is 5.43 Å². The van der Waals surface area contributed by atoms with Gasteiger partial charge < -0.3 is 4.90 Å². The van der Waals surface area contributed by atoms with Crippen LogP contribution in [0.25, 0.3) is 0 Å². The molecule has 26 heavy (non-hydrogen) atoms. The highest BCUT2D eigenvalue weighted by atomic mass is 16.6. The van der Waals surface area contributed by atoms with Crippen LogP contribution in [0.1, 0.15) is 25.0 Å². The molecule has 1 N–H and O–H groups in total. The van der Waals surface area contributed by atoms with Gasteiger partial charge in [0.25, 0.3) is 5.69 Å². The van der Waals surface area contributed by atoms with Gasteiger partial charge in [0, 0.05) is 30.4 Å². The number of anilines is 1. The number of nitrogens with zero attached hydrogens (tertiary/aromatic N) is 3. The van der Waals surface area contributed by atoms with Gasteiger partial charge in [0.15, 0.2) is 0 Å². The van der Waals surface area contributed by atoms with Crippen molar-refractivity contribution in [3.8, 4) is 0 Å². The average Bonchev–Trinajstić information content (AvgIpc) is 2.64. The Labute approximate surface area is 152 Å². The number of para-hydroxylation sites is 1. The van der Waals surface area contributed by atoms with E-state index in [1.54, 1.807) is 24.4 Å². The highest BCUT2D eigenvalue weighted by Crippen LogP contribution is 2.18. The maximum Gasteiger partial charge on any atom is 0.273 e. The summed E-state index contributed by atoms with van der Waals surface area (Å²) in [6.07, 6.45) is 1.44. The summed E-state index contributed by atoms with van der Waals surface area (Å²) in [6.45, 7) is 6.08. The number of carbonyl (C=O) groups is 1. The SMILES string of the molecule is CCN(CC)c1ccc(/C=N/NC(=O)Cc2ccccc2[N+](=O)[O-])cc1. The summed E-state index contributed by atoms with van der Waals surface area (Å²) in [5.74, 6) is -0.407. The molecule has 2 aromatic rings. The molecule has 0 aromatic heterocycles. The molecule has 0 aliphatic heterocycles. The van der Waals surface area contributed by atoms with E-state index in [1.165, 1.54) is 6.07 Å². The van der Waals surface area contributed by atoms with Crippen LogP contribution in [0.3, 0.4) is 0 Å². The van der Waals surface area contributed by atoms with Crippen molar-refractivity contribution >= 4 is 23.5 Å². The second-order valence-corrected chi connectivity index (χ2v) is 5.62. The highest BCUT2D eigenvalue weighted by Gasteiger charge is 2.14. The molecule has 0 radical (unpaired) electrons. The van der Waals surface area contributed by atoms with Crippen LogP contribution in [-0.2, 0) is 11.2 Å². The van der Waals surface area contributed by atoms with E-state index < -0.39 is 10.8 Å². The van der Waals surface area contributed by atoms with E-state index in [9.17, 15) is 14.9 Å². The molecule has 0 saturated heterocycles. The van der Waals surface area contributed by atoms with E-state index in [2.05, 4.69) is 29.3 Å². The van der Waals surface area contributed by atoms with E-state index in [0.717, 1.165) is 24.3 Å². The predicted octanol–water partition coefficient (Wildman–Crippen LogP) is 3.13. The summed E-state index contributed by atoms with van der Waals surface area (Å²) >= 11 is 0. The minimum Gasteiger partial charge on any atom is -0.372 e. The van der Waals surface area contributed by atoms with Crippen molar-refractivity contribution in [2.45, 2.75) is 20.3 Å². The largest absolute Gasteiger partial charge is 0.372 e. The Morgan fingerprint density at radius 2 is 1.81 bits per heavy atom. The van der Waals surface area contributed by atoms with Crippen LogP contribution in [0.2, 0.25) is 0 Å². The van der Waals surface area contributed by atoms with Crippen molar-refractivity contribution in [3.05, 3.63) is 69.8 Å². The second-order valence-electron chi connectivity index (χ2n) is 5.62. The van der Waals surface area contributed by atoms with Crippen LogP contribution < -0.4 is 10.3 Å². The predicted molar refractivity (Wildman–Crippen MR) is 103 cm³/mol. The maximum absolute atomic E-state index is 11.9. The number of amides is 1. The molecule has 1 amide bonds. The number of nitro benzene ring substituents is 1. The summed E-state index contributed by atoms with van der Waals surface area (Å²) < 4.78 is 0. The van der Waals surface area contributed by atoms with Crippen LogP contribution in [0, 0.1) is 10.1 Å². The van der Waals surface area contributed by atoms with E-state index in [1.807, 2.05) is 24.3 Å². The molecule has 0 fully saturated rings. The Morgan fingerprint density at radius 1 is 1.15 bits per heavy atom. The molecule has 2 aromatic carbocycles. The molecule has 0 atom stereocenters. The van der Waals surface area contributed by atoms with E-state index in [0.29, 0.717) is 5.56 Å². The smallest absolute Gasteiger partial charge is 0.273 e. The summed E-state index contributed by atoms with van der Waals surface area (Å²) in [7, 11) is 0. The standard InChI is InChI=1S/C19H22N4O3/c1-3-22(4-2)17-11-9-15(10-12-17)14-20-21-19(24)13-16-7-5-6-8-18(16)23(25)26/h5-12,14H,3-4,13H2,1-2H3,(H,21,24)/b20-14+. The fraction of sp³-hybridized carbons (Fsp3) is 0.263. The third-order valence-corrected chi connectivity index (χ3v) is 3.96. The Balaban J connectivity index is 1.94. The first-order valence-corrected chi connectivity index (χ1v) is 8.44. The molecule has 0 bridgehead atoms. The van der Waals surface area contributed by atoms with Crippen LogP contribution in [0.15, 0.2) is 53.6 Å². The van der Waals surface area contributed by atoms with Gasteiger partial charge in [-0.3, -0.25) is 14.9 Å². The van der Waals surface area contributed by atoms with Crippen molar-refractivity contribution in [3.63, 3.8) is 0 Å². The van der Waals surface area contributed by atoms with Crippen molar-refractivity contribution in [2.75, 3.05) is 18.0 Å². The molecule has 0 heterocycles. The Morgan fingerprint density at radius 3 is 2.42 bits per heavy atom. The van der Waals surface area contributed by atoms with Gasteiger partial charge in [-0.05, 0) is 31.5 Å². The molecule has 0 spiro atoms. The summed E-state index contributed by atoms with van der Waals surface area (Å²) in [4.78, 5) is 24.6. The van der Waals surface area contributed by atoms with Gasteiger partial charge in [-0.1, -0.05) is 30.3 Å². The zero-order valence-corrected chi connectivity index (χ0v) is 14.9. The third kappa shape index (κ3) is 5.14. The molecule has 7 nitrogen and oxygen atoms in total. The zero-order chi connectivity index (χ0) is 18.9. The molecule has 2 rings (SSSR count). The first-order valence-electron chi connectivity index (χ1n) is 8.44. The minimum absolute atomic E-state index is 0.0707. The number of hydrogen-bond donors (Lipinski definition) is 1. The summed E-state index contributed by atoms with van der Waals surface area (Å²) in [5, 5.41) is 14.9. The Kier molecular flexibility index (Phi) is 6.84. The number of nitro groups is 1. The van der Waals surface area contributed by atoms with Crippen molar-refractivity contribution < 1.29 is 9.72 Å². The number of hydrogen-bond acceptors (Lipinski definition) is 5. The van der Waals surface area contributed by atoms with Gasteiger partial charge in [0.1, 0.15) is 0 Å². The van der Waals surface area contributed by atoms with Gasteiger partial charge in [-0.2, -0.15) is 5.10 Å². The van der Waals surface area contributed by atoms with Crippen LogP contribution in [0.4, 0.5) is 11.4 Å². The lowest BCUT2D eigenvalue weighted by molar-refractivity contribution is -0.385. The molecule has 136 valence electrons. The van der Waals surface area contributed by atoms with Gasteiger partial charge in [0.2, 0.25) is 5.91 Å². The third-order valence-electron chi connectivity index (χ3n) is 3.96. The molecule has 7 heteroatoms. The minimum atomic E-state index is -0.497. The normalized spacial score (nSPS) is 10.7. The maximum atomic E-state index is 11.9. The number of hydrazone groups is 1. The van der Waals surface area contributed by atoms with Gasteiger partial charge in [-0.15, -0.1) is 0 Å². The lowest BCUT2D eigenvalue weighted by Gasteiger charge is -2.20. The number of benzene rings is 2. The first kappa shape index (κ1) is 19.1. The first-order chi connectivity index (χ1) is 12.5. The van der Waals surface area contributed by atoms with Crippen LogP contribution in [0.5, 0.6) is 0 Å². The highest BCUT2D eigenvalue weighted by molar-refractivity contribution is 5.84. The quantitative estimate of drug-likeness (QED) is 0.448. The lowest BCUT2D eigenvalue weighted by atomic mass is 10.1.